The Morgan fingerprint density at radius 3 is 2.26 bits per heavy atom. The number of amides is 1. The highest BCUT2D eigenvalue weighted by atomic mass is 19.4. The number of esters is 1. The average molecular weight is 333 g/mol. The van der Waals surface area contributed by atoms with Gasteiger partial charge in [-0.15, -0.1) is 0 Å². The maximum atomic E-state index is 12.5. The summed E-state index contributed by atoms with van der Waals surface area (Å²) in [6, 6.07) is 3.39. The molecule has 0 aromatic heterocycles. The average Bonchev–Trinajstić information content (AvgIpc) is 2.33. The lowest BCUT2D eigenvalue weighted by molar-refractivity contribution is -0.127. The second-order valence-electron chi connectivity index (χ2n) is 5.79. The van der Waals surface area contributed by atoms with E-state index in [1.807, 2.05) is 0 Å². The number of carbonyl (C=O) groups excluding carboxylic acids is 2. The quantitative estimate of drug-likeness (QED) is 0.852. The number of alkyl halides is 3. The molecular weight excluding hydrogens is 315 g/mol. The zero-order chi connectivity index (χ0) is 17.8. The maximum Gasteiger partial charge on any atom is 0.412 e. The summed E-state index contributed by atoms with van der Waals surface area (Å²) >= 11 is 0. The molecule has 1 N–H and O–H groups in total. The van der Waals surface area contributed by atoms with Gasteiger partial charge in [-0.1, -0.05) is 6.07 Å². The number of nitrogens with one attached hydrogen (secondary N) is 1. The van der Waals surface area contributed by atoms with E-state index in [0.29, 0.717) is 0 Å². The molecule has 1 aromatic rings. The van der Waals surface area contributed by atoms with Crippen LogP contribution in [-0.2, 0) is 15.9 Å². The molecule has 0 spiro atoms. The molecule has 0 bridgehead atoms. The van der Waals surface area contributed by atoms with Gasteiger partial charge in [-0.2, -0.15) is 13.2 Å². The lowest BCUT2D eigenvalue weighted by atomic mass is 10.1. The van der Waals surface area contributed by atoms with Gasteiger partial charge in [0.15, 0.2) is 0 Å². The van der Waals surface area contributed by atoms with Crippen LogP contribution < -0.4 is 5.32 Å². The predicted molar refractivity (Wildman–Crippen MR) is 77.4 cm³/mol. The molecule has 0 unspecified atom stereocenters. The van der Waals surface area contributed by atoms with E-state index in [9.17, 15) is 22.8 Å². The van der Waals surface area contributed by atoms with Gasteiger partial charge in [0.2, 0.25) is 0 Å². The van der Waals surface area contributed by atoms with Gasteiger partial charge in [-0.05, 0) is 38.5 Å². The zero-order valence-electron chi connectivity index (χ0n) is 13.2. The van der Waals surface area contributed by atoms with Crippen molar-refractivity contribution in [1.82, 2.24) is 0 Å². The standard InChI is InChI=1S/C15H18F3NO4/c1-14(2,3)23-13(21)19-11-7-9(8-15(16,17)18)5-6-10(11)12(20)22-4/h5-7H,8H2,1-4H3,(H,19,21). The number of hydrogen-bond acceptors (Lipinski definition) is 4. The third-order valence-corrected chi connectivity index (χ3v) is 2.53. The molecule has 0 heterocycles. The lowest BCUT2D eigenvalue weighted by Gasteiger charge is -2.20. The summed E-state index contributed by atoms with van der Waals surface area (Å²) in [4.78, 5) is 23.4. The highest BCUT2D eigenvalue weighted by molar-refractivity contribution is 5.99. The molecule has 0 saturated carbocycles. The van der Waals surface area contributed by atoms with Crippen LogP contribution in [0.2, 0.25) is 0 Å². The van der Waals surface area contributed by atoms with Gasteiger partial charge in [0.1, 0.15) is 5.60 Å². The summed E-state index contributed by atoms with van der Waals surface area (Å²) in [5.74, 6) is -0.783. The molecule has 8 heteroatoms. The summed E-state index contributed by atoms with van der Waals surface area (Å²) in [6.45, 7) is 4.90. The molecule has 0 fully saturated rings. The monoisotopic (exact) mass is 333 g/mol. The smallest absolute Gasteiger partial charge is 0.412 e. The van der Waals surface area contributed by atoms with E-state index < -0.39 is 30.3 Å². The Bertz CT molecular complexity index is 591. The van der Waals surface area contributed by atoms with Crippen molar-refractivity contribution in [1.29, 1.82) is 0 Å². The highest BCUT2D eigenvalue weighted by Crippen LogP contribution is 2.26. The molecule has 1 aromatic carbocycles. The molecule has 0 aliphatic heterocycles. The van der Waals surface area contributed by atoms with Gasteiger partial charge in [-0.25, -0.2) is 9.59 Å². The van der Waals surface area contributed by atoms with Crippen LogP contribution in [0.25, 0.3) is 0 Å². The minimum atomic E-state index is -4.41. The number of carbonyl (C=O) groups is 2. The third-order valence-electron chi connectivity index (χ3n) is 2.53. The molecule has 0 aliphatic rings. The van der Waals surface area contributed by atoms with Crippen LogP contribution in [0, 0.1) is 0 Å². The van der Waals surface area contributed by atoms with Crippen molar-refractivity contribution in [2.75, 3.05) is 12.4 Å². The first kappa shape index (κ1) is 18.8. The van der Waals surface area contributed by atoms with E-state index in [4.69, 9.17) is 4.74 Å². The van der Waals surface area contributed by atoms with Crippen molar-refractivity contribution in [2.24, 2.45) is 0 Å². The second-order valence-corrected chi connectivity index (χ2v) is 5.79. The van der Waals surface area contributed by atoms with E-state index >= 15 is 0 Å². The molecular formula is C15H18F3NO4. The van der Waals surface area contributed by atoms with Crippen molar-refractivity contribution in [3.63, 3.8) is 0 Å². The molecule has 1 rings (SSSR count). The van der Waals surface area contributed by atoms with E-state index in [1.54, 1.807) is 20.8 Å². The van der Waals surface area contributed by atoms with Crippen molar-refractivity contribution in [2.45, 2.75) is 39.0 Å². The van der Waals surface area contributed by atoms with Gasteiger partial charge in [0.25, 0.3) is 0 Å². The Hall–Kier alpha value is -2.25. The molecule has 5 nitrogen and oxygen atoms in total. The number of methoxy groups -OCH3 is 1. The number of halogens is 3. The molecule has 1 amide bonds. The molecule has 0 atom stereocenters. The second kappa shape index (κ2) is 6.89. The topological polar surface area (TPSA) is 64.6 Å². The van der Waals surface area contributed by atoms with Crippen LogP contribution >= 0.6 is 0 Å². The Morgan fingerprint density at radius 1 is 1.17 bits per heavy atom. The van der Waals surface area contributed by atoms with Crippen LogP contribution in [0.15, 0.2) is 18.2 Å². The van der Waals surface area contributed by atoms with Gasteiger partial charge in [0, 0.05) is 0 Å². The van der Waals surface area contributed by atoms with Gasteiger partial charge >= 0.3 is 18.2 Å². The number of benzene rings is 1. The normalized spacial score (nSPS) is 11.8. The minimum Gasteiger partial charge on any atom is -0.465 e. The summed E-state index contributed by atoms with van der Waals surface area (Å²) in [6.07, 6.45) is -6.47. The predicted octanol–water partition coefficient (Wildman–Crippen LogP) is 3.93. The Balaban J connectivity index is 3.10. The zero-order valence-corrected chi connectivity index (χ0v) is 13.2. The summed E-state index contributed by atoms with van der Waals surface area (Å²) in [7, 11) is 1.13. The lowest BCUT2D eigenvalue weighted by Crippen LogP contribution is -2.28. The third kappa shape index (κ3) is 6.58. The van der Waals surface area contributed by atoms with Crippen molar-refractivity contribution in [3.05, 3.63) is 29.3 Å². The molecule has 0 aliphatic carbocycles. The Morgan fingerprint density at radius 2 is 1.78 bits per heavy atom. The fraction of sp³-hybridized carbons (Fsp3) is 0.467. The fourth-order valence-electron chi connectivity index (χ4n) is 1.74. The maximum absolute atomic E-state index is 12.5. The van der Waals surface area contributed by atoms with Gasteiger partial charge < -0.3 is 9.47 Å². The first-order valence-corrected chi connectivity index (χ1v) is 6.69. The number of anilines is 1. The van der Waals surface area contributed by atoms with Crippen LogP contribution in [-0.4, -0.2) is 30.9 Å². The van der Waals surface area contributed by atoms with E-state index in [1.165, 1.54) is 6.07 Å². The van der Waals surface area contributed by atoms with Crippen LogP contribution in [0.5, 0.6) is 0 Å². The van der Waals surface area contributed by atoms with Crippen LogP contribution in [0.1, 0.15) is 36.7 Å². The Labute approximate surface area is 131 Å². The molecule has 128 valence electrons. The Kier molecular flexibility index (Phi) is 5.63. The van der Waals surface area contributed by atoms with Gasteiger partial charge in [0.05, 0.1) is 24.8 Å². The molecule has 23 heavy (non-hydrogen) atoms. The van der Waals surface area contributed by atoms with Gasteiger partial charge in [-0.3, -0.25) is 5.32 Å². The van der Waals surface area contributed by atoms with Crippen molar-refractivity contribution in [3.8, 4) is 0 Å². The highest BCUT2D eigenvalue weighted by Gasteiger charge is 2.28. The number of rotatable bonds is 3. The van der Waals surface area contributed by atoms with Crippen molar-refractivity contribution >= 4 is 17.7 Å². The van der Waals surface area contributed by atoms with E-state index in [0.717, 1.165) is 19.2 Å². The SMILES string of the molecule is COC(=O)c1ccc(CC(F)(F)F)cc1NC(=O)OC(C)(C)C. The van der Waals surface area contributed by atoms with Crippen LogP contribution in [0.4, 0.5) is 23.7 Å². The summed E-state index contributed by atoms with van der Waals surface area (Å²) in [5, 5.41) is 2.28. The minimum absolute atomic E-state index is 0.0655. The summed E-state index contributed by atoms with van der Waals surface area (Å²) < 4.78 is 47.0. The number of ether oxygens (including phenoxy) is 2. The largest absolute Gasteiger partial charge is 0.465 e. The first-order valence-electron chi connectivity index (χ1n) is 6.69. The molecule has 0 saturated heterocycles. The van der Waals surface area contributed by atoms with E-state index in [2.05, 4.69) is 10.1 Å². The van der Waals surface area contributed by atoms with E-state index in [-0.39, 0.29) is 16.8 Å². The number of hydrogen-bond donors (Lipinski definition) is 1. The molecule has 0 radical (unpaired) electrons. The first-order chi connectivity index (χ1) is 10.4. The summed E-state index contributed by atoms with van der Waals surface area (Å²) in [5.41, 5.74) is -1.06. The fourth-order valence-corrected chi connectivity index (χ4v) is 1.74. The van der Waals surface area contributed by atoms with Crippen molar-refractivity contribution < 1.29 is 32.2 Å². The van der Waals surface area contributed by atoms with Crippen LogP contribution in [0.3, 0.4) is 0 Å².